The number of likely N-dealkylation sites (tertiary alicyclic amines) is 1. The first-order valence-corrected chi connectivity index (χ1v) is 9.24. The Kier molecular flexibility index (Phi) is 4.87. The Bertz CT molecular complexity index is 918. The highest BCUT2D eigenvalue weighted by Gasteiger charge is 2.29. The summed E-state index contributed by atoms with van der Waals surface area (Å²) in [7, 11) is 0. The van der Waals surface area contributed by atoms with Crippen LogP contribution in [-0.4, -0.2) is 39.8 Å². The molecule has 1 atom stereocenters. The van der Waals surface area contributed by atoms with E-state index in [4.69, 9.17) is 0 Å². The highest BCUT2D eigenvalue weighted by Crippen LogP contribution is 2.21. The van der Waals surface area contributed by atoms with E-state index in [-0.39, 0.29) is 17.7 Å². The molecule has 6 heteroatoms. The number of aromatic nitrogens is 2. The van der Waals surface area contributed by atoms with Crippen LogP contribution in [0.2, 0.25) is 0 Å². The summed E-state index contributed by atoms with van der Waals surface area (Å²) in [5.74, 6) is -0.215. The molecule has 6 nitrogen and oxygen atoms in total. The lowest BCUT2D eigenvalue weighted by molar-refractivity contribution is -0.126. The second kappa shape index (κ2) is 7.61. The second-order valence-corrected chi connectivity index (χ2v) is 6.93. The van der Waals surface area contributed by atoms with Crippen molar-refractivity contribution in [3.63, 3.8) is 0 Å². The largest absolute Gasteiger partial charge is 0.352 e. The first-order chi connectivity index (χ1) is 13.2. The van der Waals surface area contributed by atoms with Gasteiger partial charge in [0, 0.05) is 42.9 Å². The van der Waals surface area contributed by atoms with E-state index in [1.54, 1.807) is 17.3 Å². The summed E-state index contributed by atoms with van der Waals surface area (Å²) in [5, 5.41) is 3.99. The molecule has 3 heterocycles. The van der Waals surface area contributed by atoms with Gasteiger partial charge in [-0.3, -0.25) is 14.6 Å². The minimum absolute atomic E-state index is 0.000888. The zero-order chi connectivity index (χ0) is 18.6. The van der Waals surface area contributed by atoms with E-state index in [0.717, 1.165) is 29.3 Å². The van der Waals surface area contributed by atoms with E-state index < -0.39 is 0 Å². The predicted molar refractivity (Wildman–Crippen MR) is 103 cm³/mol. The molecule has 4 rings (SSSR count). The van der Waals surface area contributed by atoms with Crippen molar-refractivity contribution in [1.82, 2.24) is 20.2 Å². The summed E-state index contributed by atoms with van der Waals surface area (Å²) in [6.45, 7) is 1.62. The van der Waals surface area contributed by atoms with Crippen molar-refractivity contribution in [3.05, 3.63) is 66.1 Å². The Labute approximate surface area is 157 Å². The van der Waals surface area contributed by atoms with Crippen molar-refractivity contribution in [1.29, 1.82) is 0 Å². The van der Waals surface area contributed by atoms with Gasteiger partial charge in [0.2, 0.25) is 5.91 Å². The number of aromatic amines is 1. The van der Waals surface area contributed by atoms with Crippen molar-refractivity contribution in [2.75, 3.05) is 13.1 Å². The summed E-state index contributed by atoms with van der Waals surface area (Å²) >= 11 is 0. The number of para-hydroxylation sites is 1. The zero-order valence-corrected chi connectivity index (χ0v) is 15.0. The molecular formula is C21H22N4O2. The Hall–Kier alpha value is -3.15. The first kappa shape index (κ1) is 17.3. The summed E-state index contributed by atoms with van der Waals surface area (Å²) < 4.78 is 0. The standard InChI is InChI=1S/C21H22N4O2/c26-20(23-13-15-7-9-22-10-8-15)17-5-3-11-25(14-17)21(27)19-12-16-4-1-2-6-18(16)24-19/h1-2,4,6-10,12,17,24H,3,5,11,13-14H2,(H,23,26). The van der Waals surface area contributed by atoms with Crippen molar-refractivity contribution in [2.24, 2.45) is 5.92 Å². The number of H-pyrrole nitrogens is 1. The monoisotopic (exact) mass is 362 g/mol. The SMILES string of the molecule is O=C(NCc1ccncc1)C1CCCN(C(=O)c2cc3ccccc3[nH]2)C1. The lowest BCUT2D eigenvalue weighted by Crippen LogP contribution is -2.45. The molecule has 27 heavy (non-hydrogen) atoms. The van der Waals surface area contributed by atoms with Gasteiger partial charge >= 0.3 is 0 Å². The zero-order valence-electron chi connectivity index (χ0n) is 15.0. The highest BCUT2D eigenvalue weighted by molar-refractivity contribution is 5.98. The molecule has 1 aromatic carbocycles. The summed E-state index contributed by atoms with van der Waals surface area (Å²) in [6, 6.07) is 13.5. The van der Waals surface area contributed by atoms with Gasteiger partial charge in [0.15, 0.2) is 0 Å². The number of hydrogen-bond acceptors (Lipinski definition) is 3. The summed E-state index contributed by atoms with van der Waals surface area (Å²) in [4.78, 5) is 34.4. The third-order valence-electron chi connectivity index (χ3n) is 5.06. The number of benzene rings is 1. The van der Waals surface area contributed by atoms with Crippen molar-refractivity contribution < 1.29 is 9.59 Å². The van der Waals surface area contributed by atoms with E-state index in [9.17, 15) is 9.59 Å². The van der Waals surface area contributed by atoms with Crippen molar-refractivity contribution >= 4 is 22.7 Å². The molecule has 1 aliphatic heterocycles. The van der Waals surface area contributed by atoms with E-state index >= 15 is 0 Å². The smallest absolute Gasteiger partial charge is 0.270 e. The predicted octanol–water partition coefficient (Wildman–Crippen LogP) is 2.73. The van der Waals surface area contributed by atoms with Gasteiger partial charge in [-0.2, -0.15) is 0 Å². The molecule has 1 saturated heterocycles. The molecule has 0 radical (unpaired) electrons. The molecule has 138 valence electrons. The van der Waals surface area contributed by atoms with Crippen LogP contribution in [0.15, 0.2) is 54.9 Å². The molecule has 3 aromatic rings. The number of carbonyl (C=O) groups excluding carboxylic acids is 2. The van der Waals surface area contributed by atoms with Crippen molar-refractivity contribution in [2.45, 2.75) is 19.4 Å². The number of nitrogens with zero attached hydrogens (tertiary/aromatic N) is 2. The maximum Gasteiger partial charge on any atom is 0.270 e. The van der Waals surface area contributed by atoms with Crippen LogP contribution in [0, 0.1) is 5.92 Å². The number of rotatable bonds is 4. The quantitative estimate of drug-likeness (QED) is 0.749. The molecule has 0 saturated carbocycles. The van der Waals surface area contributed by atoms with Gasteiger partial charge in [0.25, 0.3) is 5.91 Å². The van der Waals surface area contributed by atoms with E-state index in [0.29, 0.717) is 25.3 Å². The minimum Gasteiger partial charge on any atom is -0.352 e. The fraction of sp³-hybridized carbons (Fsp3) is 0.286. The lowest BCUT2D eigenvalue weighted by atomic mass is 9.96. The number of piperidine rings is 1. The number of hydrogen-bond donors (Lipinski definition) is 2. The van der Waals surface area contributed by atoms with Crippen LogP contribution < -0.4 is 5.32 Å². The van der Waals surface area contributed by atoms with Gasteiger partial charge in [-0.15, -0.1) is 0 Å². The van der Waals surface area contributed by atoms with Crippen LogP contribution in [0.25, 0.3) is 10.9 Å². The topological polar surface area (TPSA) is 78.1 Å². The number of amides is 2. The van der Waals surface area contributed by atoms with E-state index in [2.05, 4.69) is 15.3 Å². The van der Waals surface area contributed by atoms with Crippen LogP contribution in [0.5, 0.6) is 0 Å². The van der Waals surface area contributed by atoms with Crippen LogP contribution in [-0.2, 0) is 11.3 Å². The molecule has 1 fully saturated rings. The van der Waals surface area contributed by atoms with Crippen LogP contribution >= 0.6 is 0 Å². The Morgan fingerprint density at radius 3 is 2.81 bits per heavy atom. The third kappa shape index (κ3) is 3.84. The van der Waals surface area contributed by atoms with E-state index in [1.165, 1.54) is 0 Å². The Morgan fingerprint density at radius 2 is 2.00 bits per heavy atom. The van der Waals surface area contributed by atoms with Gasteiger partial charge in [-0.25, -0.2) is 0 Å². The van der Waals surface area contributed by atoms with Gasteiger partial charge in [0.1, 0.15) is 5.69 Å². The molecule has 2 N–H and O–H groups in total. The molecule has 0 bridgehead atoms. The van der Waals surface area contributed by atoms with Crippen LogP contribution in [0.4, 0.5) is 0 Å². The number of pyridine rings is 1. The Balaban J connectivity index is 1.39. The molecule has 0 aliphatic carbocycles. The number of nitrogens with one attached hydrogen (secondary N) is 2. The van der Waals surface area contributed by atoms with Crippen LogP contribution in [0.3, 0.4) is 0 Å². The van der Waals surface area contributed by atoms with E-state index in [1.807, 2.05) is 42.5 Å². The lowest BCUT2D eigenvalue weighted by Gasteiger charge is -2.31. The summed E-state index contributed by atoms with van der Waals surface area (Å²) in [5.41, 5.74) is 2.54. The molecule has 2 aromatic heterocycles. The maximum absolute atomic E-state index is 12.9. The number of carbonyl (C=O) groups is 2. The average Bonchev–Trinajstić information content (AvgIpc) is 3.16. The van der Waals surface area contributed by atoms with Gasteiger partial charge < -0.3 is 15.2 Å². The first-order valence-electron chi connectivity index (χ1n) is 9.24. The molecule has 1 aliphatic rings. The van der Waals surface area contributed by atoms with Gasteiger partial charge in [-0.1, -0.05) is 18.2 Å². The van der Waals surface area contributed by atoms with Gasteiger partial charge in [-0.05, 0) is 42.7 Å². The minimum atomic E-state index is -0.172. The fourth-order valence-electron chi connectivity index (χ4n) is 3.57. The molecule has 2 amide bonds. The Morgan fingerprint density at radius 1 is 1.19 bits per heavy atom. The molecule has 0 spiro atoms. The third-order valence-corrected chi connectivity index (χ3v) is 5.06. The normalized spacial score (nSPS) is 17.0. The molecular weight excluding hydrogens is 340 g/mol. The summed E-state index contributed by atoms with van der Waals surface area (Å²) in [6.07, 6.45) is 5.06. The maximum atomic E-state index is 12.9. The van der Waals surface area contributed by atoms with Crippen molar-refractivity contribution in [3.8, 4) is 0 Å². The van der Waals surface area contributed by atoms with Crippen LogP contribution in [0.1, 0.15) is 28.9 Å². The van der Waals surface area contributed by atoms with Gasteiger partial charge in [0.05, 0.1) is 5.92 Å². The second-order valence-electron chi connectivity index (χ2n) is 6.93. The average molecular weight is 362 g/mol. The fourth-order valence-corrected chi connectivity index (χ4v) is 3.57. The molecule has 1 unspecified atom stereocenters. The highest BCUT2D eigenvalue weighted by atomic mass is 16.2. The number of fused-ring (bicyclic) bond motifs is 1.